The standard InChI is InChI=1S/C13H19NO2S/c1-13(2,12-6-4-3-5-7-12)14-8-10-17(15,16)11-9-14/h3-7H,8-11H2,1-2H3. The number of hydrogen-bond acceptors (Lipinski definition) is 3. The number of sulfone groups is 1. The minimum Gasteiger partial charge on any atom is -0.292 e. The molecule has 0 N–H and O–H groups in total. The van der Waals surface area contributed by atoms with Crippen molar-refractivity contribution in [3.05, 3.63) is 35.9 Å². The van der Waals surface area contributed by atoms with Gasteiger partial charge in [-0.15, -0.1) is 0 Å². The molecule has 1 aromatic carbocycles. The van der Waals surface area contributed by atoms with Gasteiger partial charge >= 0.3 is 0 Å². The number of nitrogens with zero attached hydrogens (tertiary/aromatic N) is 1. The highest BCUT2D eigenvalue weighted by Crippen LogP contribution is 2.28. The van der Waals surface area contributed by atoms with E-state index in [4.69, 9.17) is 0 Å². The maximum Gasteiger partial charge on any atom is 0.152 e. The van der Waals surface area contributed by atoms with Gasteiger partial charge in [-0.2, -0.15) is 0 Å². The third-order valence-corrected chi connectivity index (χ3v) is 5.22. The lowest BCUT2D eigenvalue weighted by molar-refractivity contribution is 0.132. The first-order valence-corrected chi connectivity index (χ1v) is 7.75. The maximum absolute atomic E-state index is 11.4. The Bertz CT molecular complexity index is 465. The Morgan fingerprint density at radius 2 is 1.59 bits per heavy atom. The topological polar surface area (TPSA) is 37.4 Å². The molecule has 1 aliphatic rings. The van der Waals surface area contributed by atoms with E-state index in [1.54, 1.807) is 0 Å². The summed E-state index contributed by atoms with van der Waals surface area (Å²) in [7, 11) is -2.80. The number of benzene rings is 1. The molecule has 17 heavy (non-hydrogen) atoms. The predicted molar refractivity (Wildman–Crippen MR) is 69.7 cm³/mol. The Labute approximate surface area is 103 Å². The van der Waals surface area contributed by atoms with Crippen molar-refractivity contribution in [3.63, 3.8) is 0 Å². The fourth-order valence-corrected chi connectivity index (χ4v) is 3.50. The van der Waals surface area contributed by atoms with Crippen molar-refractivity contribution >= 4 is 9.84 Å². The lowest BCUT2D eigenvalue weighted by Gasteiger charge is -2.41. The molecule has 1 aromatic rings. The molecule has 1 fully saturated rings. The van der Waals surface area contributed by atoms with Gasteiger partial charge in [-0.1, -0.05) is 30.3 Å². The van der Waals surface area contributed by atoms with Crippen LogP contribution in [0.15, 0.2) is 30.3 Å². The molecular weight excluding hydrogens is 234 g/mol. The van der Waals surface area contributed by atoms with Crippen molar-refractivity contribution < 1.29 is 8.42 Å². The lowest BCUT2D eigenvalue weighted by Crippen LogP contribution is -2.49. The Hall–Kier alpha value is -0.870. The normalized spacial score (nSPS) is 21.3. The van der Waals surface area contributed by atoms with Gasteiger partial charge in [-0.3, -0.25) is 4.90 Å². The summed E-state index contributed by atoms with van der Waals surface area (Å²) in [6.07, 6.45) is 0. The SMILES string of the molecule is CC(C)(c1ccccc1)N1CCS(=O)(=O)CC1. The van der Waals surface area contributed by atoms with Gasteiger partial charge in [0.1, 0.15) is 0 Å². The Morgan fingerprint density at radius 3 is 2.12 bits per heavy atom. The van der Waals surface area contributed by atoms with E-state index in [2.05, 4.69) is 30.9 Å². The van der Waals surface area contributed by atoms with Crippen LogP contribution in [0.4, 0.5) is 0 Å². The summed E-state index contributed by atoms with van der Waals surface area (Å²) in [5.74, 6) is 0.562. The molecule has 0 amide bonds. The fourth-order valence-electron chi connectivity index (χ4n) is 2.30. The summed E-state index contributed by atoms with van der Waals surface area (Å²) in [4.78, 5) is 2.25. The third kappa shape index (κ3) is 2.69. The third-order valence-electron chi connectivity index (χ3n) is 3.62. The molecule has 0 radical (unpaired) electrons. The van der Waals surface area contributed by atoms with Crippen molar-refractivity contribution in [2.75, 3.05) is 24.6 Å². The zero-order valence-electron chi connectivity index (χ0n) is 10.4. The van der Waals surface area contributed by atoms with Crippen LogP contribution in [0.5, 0.6) is 0 Å². The van der Waals surface area contributed by atoms with Gasteiger partial charge in [0.15, 0.2) is 9.84 Å². The average molecular weight is 253 g/mol. The van der Waals surface area contributed by atoms with Gasteiger partial charge in [0, 0.05) is 18.6 Å². The summed E-state index contributed by atoms with van der Waals surface area (Å²) in [5.41, 5.74) is 1.14. The van der Waals surface area contributed by atoms with Crippen molar-refractivity contribution in [2.45, 2.75) is 19.4 Å². The summed E-state index contributed by atoms with van der Waals surface area (Å²) in [6.45, 7) is 5.56. The van der Waals surface area contributed by atoms with Crippen molar-refractivity contribution in [1.29, 1.82) is 0 Å². The van der Waals surface area contributed by atoms with E-state index in [1.807, 2.05) is 18.2 Å². The highest BCUT2D eigenvalue weighted by atomic mass is 32.2. The van der Waals surface area contributed by atoms with E-state index < -0.39 is 9.84 Å². The summed E-state index contributed by atoms with van der Waals surface area (Å²) < 4.78 is 22.9. The van der Waals surface area contributed by atoms with Crippen molar-refractivity contribution in [2.24, 2.45) is 0 Å². The van der Waals surface area contributed by atoms with Crippen LogP contribution in [0.2, 0.25) is 0 Å². The van der Waals surface area contributed by atoms with E-state index in [9.17, 15) is 8.42 Å². The minimum atomic E-state index is -2.80. The van der Waals surface area contributed by atoms with Gasteiger partial charge in [0.2, 0.25) is 0 Å². The zero-order chi connectivity index (χ0) is 12.5. The molecule has 3 nitrogen and oxygen atoms in total. The minimum absolute atomic E-state index is 0.100. The smallest absolute Gasteiger partial charge is 0.152 e. The number of hydrogen-bond donors (Lipinski definition) is 0. The van der Waals surface area contributed by atoms with E-state index in [0.717, 1.165) is 0 Å². The molecule has 0 atom stereocenters. The van der Waals surface area contributed by atoms with Crippen LogP contribution >= 0.6 is 0 Å². The highest BCUT2D eigenvalue weighted by molar-refractivity contribution is 7.91. The molecular formula is C13H19NO2S. The largest absolute Gasteiger partial charge is 0.292 e. The van der Waals surface area contributed by atoms with Gasteiger partial charge in [-0.05, 0) is 19.4 Å². The number of rotatable bonds is 2. The molecule has 0 bridgehead atoms. The van der Waals surface area contributed by atoms with Crippen LogP contribution < -0.4 is 0 Å². The van der Waals surface area contributed by atoms with Crippen LogP contribution in [0.1, 0.15) is 19.4 Å². The second kappa shape index (κ2) is 4.42. The Kier molecular flexibility index (Phi) is 3.27. The highest BCUT2D eigenvalue weighted by Gasteiger charge is 2.33. The molecule has 0 spiro atoms. The van der Waals surface area contributed by atoms with E-state index in [0.29, 0.717) is 13.1 Å². The van der Waals surface area contributed by atoms with Crippen LogP contribution in [-0.2, 0) is 15.4 Å². The van der Waals surface area contributed by atoms with Gasteiger partial charge in [-0.25, -0.2) is 8.42 Å². The Morgan fingerprint density at radius 1 is 1.06 bits per heavy atom. The first kappa shape index (κ1) is 12.6. The monoisotopic (exact) mass is 253 g/mol. The molecule has 0 aromatic heterocycles. The quantitative estimate of drug-likeness (QED) is 0.804. The summed E-state index contributed by atoms with van der Waals surface area (Å²) in [6, 6.07) is 10.3. The van der Waals surface area contributed by atoms with E-state index >= 15 is 0 Å². The molecule has 0 unspecified atom stereocenters. The second-order valence-corrected chi connectivity index (χ2v) is 7.37. The van der Waals surface area contributed by atoms with E-state index in [1.165, 1.54) is 5.56 Å². The van der Waals surface area contributed by atoms with Crippen LogP contribution in [0.3, 0.4) is 0 Å². The molecule has 94 valence electrons. The Balaban J connectivity index is 2.18. The van der Waals surface area contributed by atoms with Gasteiger partial charge in [0.05, 0.1) is 11.5 Å². The first-order chi connectivity index (χ1) is 7.92. The zero-order valence-corrected chi connectivity index (χ0v) is 11.2. The fraction of sp³-hybridized carbons (Fsp3) is 0.538. The van der Waals surface area contributed by atoms with Crippen LogP contribution in [0, 0.1) is 0 Å². The molecule has 4 heteroatoms. The van der Waals surface area contributed by atoms with Crippen molar-refractivity contribution in [1.82, 2.24) is 4.90 Å². The predicted octanol–water partition coefficient (Wildman–Crippen LogP) is 1.65. The summed E-state index contributed by atoms with van der Waals surface area (Å²) in [5, 5.41) is 0. The molecule has 1 heterocycles. The van der Waals surface area contributed by atoms with Gasteiger partial charge in [0.25, 0.3) is 0 Å². The maximum atomic E-state index is 11.4. The second-order valence-electron chi connectivity index (χ2n) is 5.06. The van der Waals surface area contributed by atoms with Crippen molar-refractivity contribution in [3.8, 4) is 0 Å². The molecule has 1 saturated heterocycles. The van der Waals surface area contributed by atoms with Gasteiger partial charge < -0.3 is 0 Å². The first-order valence-electron chi connectivity index (χ1n) is 5.93. The summed E-state index contributed by atoms with van der Waals surface area (Å²) >= 11 is 0. The lowest BCUT2D eigenvalue weighted by atomic mass is 9.92. The van der Waals surface area contributed by atoms with Crippen LogP contribution in [0.25, 0.3) is 0 Å². The molecule has 0 saturated carbocycles. The molecule has 1 aliphatic heterocycles. The van der Waals surface area contributed by atoms with Crippen LogP contribution in [-0.4, -0.2) is 37.9 Å². The average Bonchev–Trinajstić information content (AvgIpc) is 2.29. The molecule has 0 aliphatic carbocycles. The molecule has 2 rings (SSSR count). The van der Waals surface area contributed by atoms with E-state index in [-0.39, 0.29) is 17.0 Å².